The zero-order valence-corrected chi connectivity index (χ0v) is 13.1. The minimum atomic E-state index is -1.69. The maximum absolute atomic E-state index is 12.2. The second-order valence-corrected chi connectivity index (χ2v) is 4.64. The van der Waals surface area contributed by atoms with Gasteiger partial charge in [0.25, 0.3) is 0 Å². The van der Waals surface area contributed by atoms with Gasteiger partial charge < -0.3 is 19.5 Å². The molecule has 0 atom stereocenters. The fourth-order valence-electron chi connectivity index (χ4n) is 2.12. The lowest BCUT2D eigenvalue weighted by molar-refractivity contribution is -0.141. The maximum atomic E-state index is 12.2. The van der Waals surface area contributed by atoms with Crippen molar-refractivity contribution in [3.8, 4) is 17.2 Å². The van der Waals surface area contributed by atoms with E-state index in [2.05, 4.69) is 5.32 Å². The summed E-state index contributed by atoms with van der Waals surface area (Å²) in [5, 5.41) is 6.10. The predicted octanol–water partition coefficient (Wildman–Crippen LogP) is -0.367. The zero-order valence-electron chi connectivity index (χ0n) is 13.1. The van der Waals surface area contributed by atoms with E-state index in [-0.39, 0.29) is 17.2 Å². The van der Waals surface area contributed by atoms with E-state index < -0.39 is 29.7 Å². The van der Waals surface area contributed by atoms with Crippen molar-refractivity contribution < 1.29 is 33.4 Å². The third kappa shape index (κ3) is 3.21. The lowest BCUT2D eigenvalue weighted by atomic mass is 10.1. The molecule has 10 heteroatoms. The quantitative estimate of drug-likeness (QED) is 0.625. The number of anilines is 1. The lowest BCUT2D eigenvalue weighted by Gasteiger charge is -2.20. The van der Waals surface area contributed by atoms with Crippen molar-refractivity contribution in [1.82, 2.24) is 10.6 Å². The summed E-state index contributed by atoms with van der Waals surface area (Å²) in [5.41, 5.74) is 0.215. The summed E-state index contributed by atoms with van der Waals surface area (Å²) in [7, 11) is 4.22. The lowest BCUT2D eigenvalue weighted by Crippen LogP contribution is -2.58. The van der Waals surface area contributed by atoms with Crippen LogP contribution in [0.5, 0.6) is 17.2 Å². The van der Waals surface area contributed by atoms with Crippen molar-refractivity contribution >= 4 is 29.4 Å². The van der Waals surface area contributed by atoms with Gasteiger partial charge in [0.05, 0.1) is 21.3 Å². The SMILES string of the molecule is COc1cc(NC(=O)C2C(=O)NC(=O)NC2=O)cc(OC)c1OC. The molecule has 0 radical (unpaired) electrons. The number of hydrogen-bond acceptors (Lipinski definition) is 7. The van der Waals surface area contributed by atoms with Gasteiger partial charge in [0.15, 0.2) is 17.4 Å². The van der Waals surface area contributed by atoms with Crippen molar-refractivity contribution in [2.75, 3.05) is 26.6 Å². The third-order valence-electron chi connectivity index (χ3n) is 3.19. The predicted molar refractivity (Wildman–Crippen MR) is 79.9 cm³/mol. The highest BCUT2D eigenvalue weighted by Crippen LogP contribution is 2.40. The molecule has 0 bridgehead atoms. The average Bonchev–Trinajstić information content (AvgIpc) is 2.52. The minimum absolute atomic E-state index is 0.215. The van der Waals surface area contributed by atoms with Crippen LogP contribution in [0.4, 0.5) is 10.5 Å². The number of benzene rings is 1. The number of carbonyl (C=O) groups excluding carboxylic acids is 4. The molecule has 2 rings (SSSR count). The van der Waals surface area contributed by atoms with Crippen molar-refractivity contribution in [3.63, 3.8) is 0 Å². The molecule has 0 aromatic heterocycles. The second kappa shape index (κ2) is 6.86. The summed E-state index contributed by atoms with van der Waals surface area (Å²) in [6.07, 6.45) is 0. The number of amides is 5. The molecule has 1 fully saturated rings. The van der Waals surface area contributed by atoms with Gasteiger partial charge in [0, 0.05) is 17.8 Å². The molecule has 1 aromatic rings. The molecule has 0 unspecified atom stereocenters. The first-order valence-electron chi connectivity index (χ1n) is 6.67. The average molecular weight is 337 g/mol. The number of imide groups is 2. The Balaban J connectivity index is 2.27. The molecule has 1 saturated heterocycles. The first-order valence-corrected chi connectivity index (χ1v) is 6.67. The molecule has 0 spiro atoms. The van der Waals surface area contributed by atoms with Gasteiger partial charge in [0.1, 0.15) is 0 Å². The Hall–Kier alpha value is -3.30. The van der Waals surface area contributed by atoms with Crippen LogP contribution in [-0.4, -0.2) is 45.1 Å². The highest BCUT2D eigenvalue weighted by molar-refractivity contribution is 6.28. The van der Waals surface area contributed by atoms with Crippen LogP contribution in [0.2, 0.25) is 0 Å². The van der Waals surface area contributed by atoms with Gasteiger partial charge in [-0.2, -0.15) is 0 Å². The van der Waals surface area contributed by atoms with Crippen LogP contribution in [0.15, 0.2) is 12.1 Å². The molecule has 24 heavy (non-hydrogen) atoms. The van der Waals surface area contributed by atoms with E-state index in [0.717, 1.165) is 0 Å². The Morgan fingerprint density at radius 3 is 1.88 bits per heavy atom. The largest absolute Gasteiger partial charge is 0.493 e. The highest BCUT2D eigenvalue weighted by Gasteiger charge is 2.40. The van der Waals surface area contributed by atoms with Crippen LogP contribution >= 0.6 is 0 Å². The van der Waals surface area contributed by atoms with E-state index in [1.165, 1.54) is 33.5 Å². The minimum Gasteiger partial charge on any atom is -0.493 e. The summed E-state index contributed by atoms with van der Waals surface area (Å²) < 4.78 is 15.4. The van der Waals surface area contributed by atoms with Gasteiger partial charge in [-0.05, 0) is 0 Å². The van der Waals surface area contributed by atoms with Crippen molar-refractivity contribution in [1.29, 1.82) is 0 Å². The number of ether oxygens (including phenoxy) is 3. The number of urea groups is 1. The maximum Gasteiger partial charge on any atom is 0.328 e. The number of hydrogen-bond donors (Lipinski definition) is 3. The number of carbonyl (C=O) groups is 4. The van der Waals surface area contributed by atoms with Gasteiger partial charge in [-0.3, -0.25) is 25.0 Å². The highest BCUT2D eigenvalue weighted by atomic mass is 16.5. The summed E-state index contributed by atoms with van der Waals surface area (Å²) in [5.74, 6) is -3.74. The fraction of sp³-hybridized carbons (Fsp3) is 0.286. The summed E-state index contributed by atoms with van der Waals surface area (Å²) in [4.78, 5) is 46.5. The molecule has 5 amide bonds. The molecule has 3 N–H and O–H groups in total. The smallest absolute Gasteiger partial charge is 0.328 e. The number of barbiturate groups is 1. The number of rotatable bonds is 5. The first kappa shape index (κ1) is 17.1. The van der Waals surface area contributed by atoms with E-state index in [9.17, 15) is 19.2 Å². The van der Waals surface area contributed by atoms with E-state index >= 15 is 0 Å². The molecule has 1 aromatic carbocycles. The van der Waals surface area contributed by atoms with E-state index in [0.29, 0.717) is 5.75 Å². The third-order valence-corrected chi connectivity index (χ3v) is 3.19. The Labute approximate surface area is 136 Å². The van der Waals surface area contributed by atoms with Gasteiger partial charge >= 0.3 is 6.03 Å². The number of methoxy groups -OCH3 is 3. The van der Waals surface area contributed by atoms with Crippen molar-refractivity contribution in [3.05, 3.63) is 12.1 Å². The van der Waals surface area contributed by atoms with Crippen LogP contribution in [-0.2, 0) is 14.4 Å². The molecular weight excluding hydrogens is 322 g/mol. The molecule has 1 aliphatic rings. The van der Waals surface area contributed by atoms with Crippen LogP contribution in [0, 0.1) is 5.92 Å². The molecule has 10 nitrogen and oxygen atoms in total. The van der Waals surface area contributed by atoms with Gasteiger partial charge in [-0.25, -0.2) is 4.79 Å². The zero-order chi connectivity index (χ0) is 17.9. The van der Waals surface area contributed by atoms with Gasteiger partial charge in [0.2, 0.25) is 23.5 Å². The standard InChI is InChI=1S/C14H15N3O7/c1-22-7-4-6(5-8(23-2)10(7)24-3)15-11(18)9-12(19)16-14(21)17-13(9)20/h4-5,9H,1-3H3,(H,15,18)(H2,16,17,19,20,21). The van der Waals surface area contributed by atoms with Crippen molar-refractivity contribution in [2.45, 2.75) is 0 Å². The second-order valence-electron chi connectivity index (χ2n) is 4.64. The molecule has 0 aliphatic carbocycles. The molecule has 1 aliphatic heterocycles. The molecule has 128 valence electrons. The molecule has 0 saturated carbocycles. The molecular formula is C14H15N3O7. The monoisotopic (exact) mass is 337 g/mol. The summed E-state index contributed by atoms with van der Waals surface area (Å²) >= 11 is 0. The van der Waals surface area contributed by atoms with Gasteiger partial charge in [-0.15, -0.1) is 0 Å². The van der Waals surface area contributed by atoms with Crippen LogP contribution < -0.4 is 30.2 Å². The van der Waals surface area contributed by atoms with E-state index in [1.807, 2.05) is 10.6 Å². The van der Waals surface area contributed by atoms with Crippen LogP contribution in [0.3, 0.4) is 0 Å². The first-order chi connectivity index (χ1) is 11.4. The summed E-state index contributed by atoms with van der Waals surface area (Å²) in [6.45, 7) is 0. The Morgan fingerprint density at radius 2 is 1.46 bits per heavy atom. The Morgan fingerprint density at radius 1 is 0.958 bits per heavy atom. The van der Waals surface area contributed by atoms with Crippen LogP contribution in [0.1, 0.15) is 0 Å². The fourth-order valence-corrected chi connectivity index (χ4v) is 2.12. The van der Waals surface area contributed by atoms with Crippen molar-refractivity contribution in [2.24, 2.45) is 5.92 Å². The number of nitrogens with one attached hydrogen (secondary N) is 3. The van der Waals surface area contributed by atoms with Crippen LogP contribution in [0.25, 0.3) is 0 Å². The topological polar surface area (TPSA) is 132 Å². The van der Waals surface area contributed by atoms with E-state index in [4.69, 9.17) is 14.2 Å². The Kier molecular flexibility index (Phi) is 4.87. The Bertz CT molecular complexity index is 671. The van der Waals surface area contributed by atoms with E-state index in [1.54, 1.807) is 0 Å². The normalized spacial score (nSPS) is 14.5. The van der Waals surface area contributed by atoms with Gasteiger partial charge in [-0.1, -0.05) is 0 Å². The molecule has 1 heterocycles. The summed E-state index contributed by atoms with van der Waals surface area (Å²) in [6, 6.07) is 1.90.